The van der Waals surface area contributed by atoms with Crippen LogP contribution in [0.25, 0.3) is 0 Å². The normalized spacial score (nSPS) is 41.0. The van der Waals surface area contributed by atoms with Gasteiger partial charge in [-0.15, -0.1) is 0 Å². The van der Waals surface area contributed by atoms with E-state index < -0.39 is 17.6 Å². The third-order valence-electron chi connectivity index (χ3n) is 4.85. The molecule has 2 aliphatic carbocycles. The van der Waals surface area contributed by atoms with Crippen molar-refractivity contribution in [1.29, 1.82) is 0 Å². The van der Waals surface area contributed by atoms with Crippen LogP contribution in [0.4, 0.5) is 0 Å². The fraction of sp³-hybridized carbons (Fsp3) is 0.800. The van der Waals surface area contributed by atoms with Crippen LogP contribution < -0.4 is 0 Å². The molecular weight excluding hydrogens is 260 g/mol. The zero-order valence-corrected chi connectivity index (χ0v) is 11.8. The minimum Gasteiger partial charge on any atom is -0.396 e. The van der Waals surface area contributed by atoms with Crippen LogP contribution in [0.15, 0.2) is 11.6 Å². The smallest absolute Gasteiger partial charge is 0.141 e. The summed E-state index contributed by atoms with van der Waals surface area (Å²) < 4.78 is 0. The van der Waals surface area contributed by atoms with Gasteiger partial charge in [0.1, 0.15) is 17.5 Å². The van der Waals surface area contributed by atoms with Crippen LogP contribution in [0.1, 0.15) is 32.6 Å². The van der Waals surface area contributed by atoms with E-state index >= 15 is 0 Å². The van der Waals surface area contributed by atoms with Gasteiger partial charge in [0, 0.05) is 19.6 Å². The van der Waals surface area contributed by atoms with E-state index in [9.17, 15) is 20.1 Å². The van der Waals surface area contributed by atoms with Gasteiger partial charge in [0.2, 0.25) is 0 Å². The van der Waals surface area contributed by atoms with Gasteiger partial charge < -0.3 is 20.4 Å². The predicted octanol–water partition coefficient (Wildman–Crippen LogP) is 0.0146. The van der Waals surface area contributed by atoms with Crippen molar-refractivity contribution in [2.45, 2.75) is 44.3 Å². The average Bonchev–Trinajstić information content (AvgIpc) is 2.39. The van der Waals surface area contributed by atoms with Crippen LogP contribution in [0.3, 0.4) is 0 Å². The highest BCUT2D eigenvalue weighted by Crippen LogP contribution is 2.46. The molecule has 0 amide bonds. The lowest BCUT2D eigenvalue weighted by Crippen LogP contribution is -2.55. The lowest BCUT2D eigenvalue weighted by Gasteiger charge is -2.47. The summed E-state index contributed by atoms with van der Waals surface area (Å²) in [4.78, 5) is 12.3. The van der Waals surface area contributed by atoms with E-state index in [2.05, 4.69) is 0 Å². The maximum absolute atomic E-state index is 12.3. The molecule has 2 aliphatic rings. The first-order valence-electron chi connectivity index (χ1n) is 7.27. The van der Waals surface area contributed by atoms with Gasteiger partial charge in [-0.1, -0.05) is 11.6 Å². The van der Waals surface area contributed by atoms with Crippen LogP contribution in [0.5, 0.6) is 0 Å². The molecule has 0 saturated heterocycles. The highest BCUT2D eigenvalue weighted by molar-refractivity contribution is 5.83. The van der Waals surface area contributed by atoms with Crippen molar-refractivity contribution in [3.63, 3.8) is 0 Å². The Kier molecular flexibility index (Phi) is 4.64. The average molecular weight is 284 g/mol. The van der Waals surface area contributed by atoms with Crippen molar-refractivity contribution < 1.29 is 25.2 Å². The number of Topliss-reactive ketones (excluding diaryl/α,β-unsaturated/α-hetero) is 1. The summed E-state index contributed by atoms with van der Waals surface area (Å²) in [6.45, 7) is 1.35. The number of ketones is 1. The summed E-state index contributed by atoms with van der Waals surface area (Å²) in [7, 11) is 0. The molecular formula is C15H24O5. The van der Waals surface area contributed by atoms with Gasteiger partial charge in [-0.3, -0.25) is 4.79 Å². The van der Waals surface area contributed by atoms with Crippen molar-refractivity contribution in [3.8, 4) is 0 Å². The fourth-order valence-electron chi connectivity index (χ4n) is 3.69. The van der Waals surface area contributed by atoms with Crippen LogP contribution in [0, 0.1) is 17.8 Å². The van der Waals surface area contributed by atoms with E-state index in [1.807, 2.05) is 0 Å². The molecule has 0 heterocycles. The largest absolute Gasteiger partial charge is 0.396 e. The van der Waals surface area contributed by atoms with Gasteiger partial charge in [0.05, 0.1) is 5.92 Å². The van der Waals surface area contributed by atoms with Crippen molar-refractivity contribution in [1.82, 2.24) is 0 Å². The maximum Gasteiger partial charge on any atom is 0.141 e. The van der Waals surface area contributed by atoms with E-state index in [0.717, 1.165) is 18.4 Å². The number of hydrogen-bond donors (Lipinski definition) is 4. The fourth-order valence-corrected chi connectivity index (χ4v) is 3.69. The topological polar surface area (TPSA) is 98.0 Å². The minimum atomic E-state index is -1.49. The predicted molar refractivity (Wildman–Crippen MR) is 72.8 cm³/mol. The first-order valence-corrected chi connectivity index (χ1v) is 7.27. The number of rotatable bonds is 4. The molecule has 1 fully saturated rings. The maximum atomic E-state index is 12.3. The van der Waals surface area contributed by atoms with Crippen molar-refractivity contribution in [2.24, 2.45) is 17.8 Å². The summed E-state index contributed by atoms with van der Waals surface area (Å²) in [5.74, 6) is -0.796. The lowest BCUT2D eigenvalue weighted by atomic mass is 9.61. The van der Waals surface area contributed by atoms with Gasteiger partial charge in [-0.05, 0) is 38.0 Å². The second-order valence-electron chi connectivity index (χ2n) is 6.27. The molecule has 0 aliphatic heterocycles. The second kappa shape index (κ2) is 5.93. The molecule has 0 aromatic rings. The molecule has 0 spiro atoms. The first-order chi connectivity index (χ1) is 9.41. The third-order valence-corrected chi connectivity index (χ3v) is 4.85. The van der Waals surface area contributed by atoms with E-state index in [-0.39, 0.29) is 37.3 Å². The molecule has 5 heteroatoms. The Morgan fingerprint density at radius 3 is 2.70 bits per heavy atom. The Morgan fingerprint density at radius 2 is 2.10 bits per heavy atom. The molecule has 0 aromatic heterocycles. The molecule has 4 N–H and O–H groups in total. The van der Waals surface area contributed by atoms with Crippen molar-refractivity contribution in [2.75, 3.05) is 13.2 Å². The highest BCUT2D eigenvalue weighted by Gasteiger charge is 2.51. The molecule has 5 nitrogen and oxygen atoms in total. The number of aliphatic hydroxyl groups is 4. The summed E-state index contributed by atoms with van der Waals surface area (Å²) in [5.41, 5.74) is -0.530. The van der Waals surface area contributed by atoms with Crippen molar-refractivity contribution in [3.05, 3.63) is 11.6 Å². The first kappa shape index (κ1) is 15.6. The molecule has 1 saturated carbocycles. The summed E-state index contributed by atoms with van der Waals surface area (Å²) in [6.07, 6.45) is 2.77. The van der Waals surface area contributed by atoms with E-state index in [1.54, 1.807) is 6.08 Å². The van der Waals surface area contributed by atoms with Crippen LogP contribution in [0.2, 0.25) is 0 Å². The lowest BCUT2D eigenvalue weighted by molar-refractivity contribution is -0.148. The molecule has 5 atom stereocenters. The number of carbonyl (C=O) groups excluding carboxylic acids is 1. The Hall–Kier alpha value is -0.750. The second-order valence-corrected chi connectivity index (χ2v) is 6.27. The molecule has 0 bridgehead atoms. The zero-order valence-electron chi connectivity index (χ0n) is 11.8. The van der Waals surface area contributed by atoms with Gasteiger partial charge in [-0.25, -0.2) is 0 Å². The molecule has 0 aromatic carbocycles. The standard InChI is InChI=1S/C15H24O5/c1-15(20)13(19)7-10-6-9(8-17)2-3-11(10)14(15)12(18)4-5-16/h7,9,11,13-14,16-17,19-20H,2-6,8H2,1H3. The number of fused-ring (bicyclic) bond motifs is 1. The van der Waals surface area contributed by atoms with Crippen LogP contribution in [-0.2, 0) is 4.79 Å². The number of aliphatic hydroxyl groups excluding tert-OH is 3. The van der Waals surface area contributed by atoms with E-state index in [0.29, 0.717) is 6.42 Å². The summed E-state index contributed by atoms with van der Waals surface area (Å²) in [5, 5.41) is 38.9. The monoisotopic (exact) mass is 284 g/mol. The Morgan fingerprint density at radius 1 is 1.40 bits per heavy atom. The Bertz CT molecular complexity index is 401. The Labute approximate surface area is 118 Å². The Balaban J connectivity index is 2.30. The molecule has 5 unspecified atom stereocenters. The molecule has 0 radical (unpaired) electrons. The SMILES string of the molecule is CC1(O)C(O)C=C2CC(CO)CCC2C1C(=O)CCO. The summed E-state index contributed by atoms with van der Waals surface area (Å²) in [6, 6.07) is 0. The van der Waals surface area contributed by atoms with E-state index in [1.165, 1.54) is 6.92 Å². The number of carbonyl (C=O) groups is 1. The minimum absolute atomic E-state index is 0.000739. The van der Waals surface area contributed by atoms with Gasteiger partial charge >= 0.3 is 0 Å². The molecule has 20 heavy (non-hydrogen) atoms. The quantitative estimate of drug-likeness (QED) is 0.545. The van der Waals surface area contributed by atoms with Crippen LogP contribution in [-0.4, -0.2) is 51.1 Å². The van der Waals surface area contributed by atoms with Crippen LogP contribution >= 0.6 is 0 Å². The summed E-state index contributed by atoms with van der Waals surface area (Å²) >= 11 is 0. The zero-order chi connectivity index (χ0) is 14.9. The highest BCUT2D eigenvalue weighted by atomic mass is 16.3. The molecule has 114 valence electrons. The van der Waals surface area contributed by atoms with E-state index in [4.69, 9.17) is 5.11 Å². The van der Waals surface area contributed by atoms with Gasteiger partial charge in [0.15, 0.2) is 0 Å². The number of allylic oxidation sites excluding steroid dienone is 1. The third kappa shape index (κ3) is 2.68. The van der Waals surface area contributed by atoms with Gasteiger partial charge in [0.25, 0.3) is 0 Å². The number of hydrogen-bond acceptors (Lipinski definition) is 5. The van der Waals surface area contributed by atoms with Gasteiger partial charge in [-0.2, -0.15) is 0 Å². The molecule has 2 rings (SSSR count). The van der Waals surface area contributed by atoms with Crippen molar-refractivity contribution >= 4 is 5.78 Å².